The van der Waals surface area contributed by atoms with Crippen molar-refractivity contribution in [2.75, 3.05) is 0 Å². The van der Waals surface area contributed by atoms with E-state index in [1.54, 1.807) is 6.07 Å². The van der Waals surface area contributed by atoms with Crippen LogP contribution in [-0.2, 0) is 10.8 Å². The summed E-state index contributed by atoms with van der Waals surface area (Å²) in [6.45, 7) is 12.6. The molecule has 2 nitrogen and oxygen atoms in total. The second-order valence-corrected chi connectivity index (χ2v) is 7.75. The Kier molecular flexibility index (Phi) is 5.55. The second kappa shape index (κ2) is 6.35. The summed E-state index contributed by atoms with van der Waals surface area (Å²) < 4.78 is 0. The van der Waals surface area contributed by atoms with E-state index in [-0.39, 0.29) is 40.4 Å². The molecule has 0 spiro atoms. The predicted molar refractivity (Wildman–Crippen MR) is 85.7 cm³/mol. The van der Waals surface area contributed by atoms with E-state index in [0.29, 0.717) is 5.56 Å². The fourth-order valence-corrected chi connectivity index (χ4v) is 2.55. The average Bonchev–Trinajstić information content (AvgIpc) is 2.34. The maximum atomic E-state index is 11.4. The summed E-state index contributed by atoms with van der Waals surface area (Å²) in [5.74, 6) is -1.11. The van der Waals surface area contributed by atoms with E-state index in [4.69, 9.17) is 0 Å². The van der Waals surface area contributed by atoms with Crippen molar-refractivity contribution in [3.8, 4) is 0 Å². The minimum atomic E-state index is -1.11. The van der Waals surface area contributed by atoms with Crippen LogP contribution in [0.15, 0.2) is 30.3 Å². The van der Waals surface area contributed by atoms with Crippen molar-refractivity contribution in [1.29, 1.82) is 0 Å². The maximum Gasteiger partial charge on any atom is 1.00 e. The molecular formula is C19H23NaO2. The molecule has 22 heavy (non-hydrogen) atoms. The Labute approximate surface area is 155 Å². The zero-order chi connectivity index (χ0) is 16.0. The molecular weight excluding hydrogens is 283 g/mol. The smallest absolute Gasteiger partial charge is 0.545 e. The molecule has 0 saturated heterocycles. The third-order valence-electron chi connectivity index (χ3n) is 3.87. The monoisotopic (exact) mass is 306 g/mol. The number of fused-ring (bicyclic) bond motifs is 1. The largest absolute Gasteiger partial charge is 1.00 e. The van der Waals surface area contributed by atoms with Crippen molar-refractivity contribution in [2.24, 2.45) is 0 Å². The zero-order valence-electron chi connectivity index (χ0n) is 14.7. The van der Waals surface area contributed by atoms with Crippen molar-refractivity contribution in [3.63, 3.8) is 0 Å². The van der Waals surface area contributed by atoms with Gasteiger partial charge in [0, 0.05) is 5.56 Å². The molecule has 2 rings (SSSR count). The number of carboxylic acids is 1. The van der Waals surface area contributed by atoms with Crippen LogP contribution in [0, 0.1) is 0 Å². The molecule has 0 amide bonds. The van der Waals surface area contributed by atoms with Gasteiger partial charge in [-0.2, -0.15) is 0 Å². The van der Waals surface area contributed by atoms with Gasteiger partial charge in [0.1, 0.15) is 0 Å². The zero-order valence-corrected chi connectivity index (χ0v) is 16.7. The number of aromatic carboxylic acids is 1. The van der Waals surface area contributed by atoms with E-state index in [0.717, 1.165) is 16.3 Å². The summed E-state index contributed by atoms with van der Waals surface area (Å²) in [6.07, 6.45) is 0. The van der Waals surface area contributed by atoms with Gasteiger partial charge >= 0.3 is 29.6 Å². The van der Waals surface area contributed by atoms with Gasteiger partial charge in [0.25, 0.3) is 0 Å². The summed E-state index contributed by atoms with van der Waals surface area (Å²) >= 11 is 0. The summed E-state index contributed by atoms with van der Waals surface area (Å²) in [4.78, 5) is 11.4. The van der Waals surface area contributed by atoms with Crippen LogP contribution in [0.4, 0.5) is 0 Å². The Morgan fingerprint density at radius 3 is 1.91 bits per heavy atom. The molecule has 0 bridgehead atoms. The summed E-state index contributed by atoms with van der Waals surface area (Å²) in [7, 11) is 0. The quantitative estimate of drug-likeness (QED) is 0.731. The van der Waals surface area contributed by atoms with Gasteiger partial charge in [-0.15, -0.1) is 0 Å². The summed E-state index contributed by atoms with van der Waals surface area (Å²) in [6, 6.07) is 9.95. The molecule has 0 radical (unpaired) electrons. The molecule has 0 aliphatic rings. The van der Waals surface area contributed by atoms with Gasteiger partial charge in [0.05, 0.1) is 5.97 Å². The Morgan fingerprint density at radius 1 is 0.864 bits per heavy atom. The van der Waals surface area contributed by atoms with E-state index in [1.807, 2.05) is 32.9 Å². The van der Waals surface area contributed by atoms with Crippen LogP contribution in [0.25, 0.3) is 10.8 Å². The van der Waals surface area contributed by atoms with Crippen molar-refractivity contribution < 1.29 is 39.5 Å². The van der Waals surface area contributed by atoms with Crippen LogP contribution < -0.4 is 34.7 Å². The number of carboxylic acid groups (broad SMARTS) is 1. The first-order chi connectivity index (χ1) is 9.50. The van der Waals surface area contributed by atoms with Gasteiger partial charge < -0.3 is 9.90 Å². The maximum absolute atomic E-state index is 11.4. The molecule has 3 heteroatoms. The number of hydrogen-bond donors (Lipinski definition) is 0. The normalized spacial score (nSPS) is 12.1. The van der Waals surface area contributed by atoms with E-state index >= 15 is 0 Å². The van der Waals surface area contributed by atoms with Crippen LogP contribution in [-0.4, -0.2) is 5.97 Å². The Hall–Kier alpha value is -0.830. The second-order valence-electron chi connectivity index (χ2n) is 7.75. The predicted octanol–water partition coefficient (Wildman–Crippen LogP) is 0.802. The molecule has 0 aliphatic heterocycles. The van der Waals surface area contributed by atoms with Gasteiger partial charge in [0.2, 0.25) is 0 Å². The topological polar surface area (TPSA) is 40.1 Å². The minimum absolute atomic E-state index is 0. The third-order valence-corrected chi connectivity index (χ3v) is 3.87. The Bertz CT molecular complexity index is 704. The molecule has 0 fully saturated rings. The van der Waals surface area contributed by atoms with E-state index in [2.05, 4.69) is 32.9 Å². The molecule has 0 unspecified atom stereocenters. The third kappa shape index (κ3) is 3.92. The molecule has 0 N–H and O–H groups in total. The van der Waals surface area contributed by atoms with Gasteiger partial charge in [-0.25, -0.2) is 0 Å². The molecule has 0 saturated carbocycles. The Morgan fingerprint density at radius 2 is 1.45 bits per heavy atom. The van der Waals surface area contributed by atoms with Crippen LogP contribution in [0.5, 0.6) is 0 Å². The molecule has 2 aromatic rings. The minimum Gasteiger partial charge on any atom is -0.545 e. The first kappa shape index (κ1) is 19.2. The van der Waals surface area contributed by atoms with Crippen LogP contribution in [0.2, 0.25) is 0 Å². The van der Waals surface area contributed by atoms with Gasteiger partial charge in [0.15, 0.2) is 0 Å². The molecule has 0 atom stereocenters. The number of benzene rings is 2. The first-order valence-electron chi connectivity index (χ1n) is 7.30. The van der Waals surface area contributed by atoms with E-state index in [9.17, 15) is 9.90 Å². The number of rotatable bonds is 1. The molecule has 2 aromatic carbocycles. The van der Waals surface area contributed by atoms with Gasteiger partial charge in [-0.3, -0.25) is 0 Å². The van der Waals surface area contributed by atoms with Crippen LogP contribution in [0.3, 0.4) is 0 Å². The molecule has 0 aliphatic carbocycles. The standard InChI is InChI=1S/C19H24O2.Na/c1-18(2,3)14-8-7-12-10-15(17(20)21)16(19(4,5)6)11-13(12)9-14;/h7-11H,1-6H3,(H,20,21);/q;+1/p-1. The fraction of sp³-hybridized carbons (Fsp3) is 0.421. The van der Waals surface area contributed by atoms with E-state index < -0.39 is 5.97 Å². The number of carbonyl (C=O) groups excluding carboxylic acids is 1. The Balaban J connectivity index is 0.00000242. The summed E-state index contributed by atoms with van der Waals surface area (Å²) in [5, 5.41) is 13.4. The van der Waals surface area contributed by atoms with Crippen molar-refractivity contribution >= 4 is 16.7 Å². The number of carbonyl (C=O) groups is 1. The molecule has 0 heterocycles. The van der Waals surface area contributed by atoms with E-state index in [1.165, 1.54) is 5.56 Å². The van der Waals surface area contributed by atoms with Crippen molar-refractivity contribution in [2.45, 2.75) is 52.4 Å². The first-order valence-corrected chi connectivity index (χ1v) is 7.30. The number of hydrogen-bond acceptors (Lipinski definition) is 2. The van der Waals surface area contributed by atoms with Crippen molar-refractivity contribution in [3.05, 3.63) is 47.0 Å². The average molecular weight is 306 g/mol. The van der Waals surface area contributed by atoms with Gasteiger partial charge in [-0.1, -0.05) is 59.7 Å². The molecule has 0 aromatic heterocycles. The molecule has 112 valence electrons. The van der Waals surface area contributed by atoms with Crippen LogP contribution >= 0.6 is 0 Å². The SMILES string of the molecule is CC(C)(C)c1ccc2cc(C(=O)[O-])c(C(C)(C)C)cc2c1.[Na+]. The van der Waals surface area contributed by atoms with Gasteiger partial charge in [-0.05, 0) is 44.9 Å². The van der Waals surface area contributed by atoms with Crippen molar-refractivity contribution in [1.82, 2.24) is 0 Å². The fourth-order valence-electron chi connectivity index (χ4n) is 2.55. The summed E-state index contributed by atoms with van der Waals surface area (Å²) in [5.41, 5.74) is 2.19. The van der Waals surface area contributed by atoms with Crippen LogP contribution in [0.1, 0.15) is 63.0 Å².